The van der Waals surface area contributed by atoms with Crippen LogP contribution in [0.2, 0.25) is 0 Å². The topological polar surface area (TPSA) is 59.0 Å². The van der Waals surface area contributed by atoms with Gasteiger partial charge in [0.05, 0.1) is 18.2 Å². The number of fused-ring (bicyclic) bond motifs is 1. The quantitative estimate of drug-likeness (QED) is 0.812. The van der Waals surface area contributed by atoms with Crippen molar-refractivity contribution in [1.82, 2.24) is 0 Å². The maximum Gasteiger partial charge on any atom is 0.123 e. The summed E-state index contributed by atoms with van der Waals surface area (Å²) in [6.07, 6.45) is 1.53. The summed E-state index contributed by atoms with van der Waals surface area (Å²) in [5, 5.41) is 9.04. The Morgan fingerprint density at radius 2 is 1.77 bits per heavy atom. The van der Waals surface area contributed by atoms with Gasteiger partial charge in [-0.1, -0.05) is 45.9 Å². The first-order valence-electron chi connectivity index (χ1n) is 9.33. The molecule has 140 valence electrons. The molecule has 0 saturated heterocycles. The summed E-state index contributed by atoms with van der Waals surface area (Å²) < 4.78 is 19.4. The number of nitrogens with zero attached hydrogens (tertiary/aromatic N) is 1. The van der Waals surface area contributed by atoms with Crippen molar-refractivity contribution in [3.05, 3.63) is 70.5 Å². The molecule has 0 amide bonds. The van der Waals surface area contributed by atoms with Gasteiger partial charge in [-0.25, -0.2) is 4.39 Å². The van der Waals surface area contributed by atoms with Crippen LogP contribution in [0.3, 0.4) is 0 Å². The monoisotopic (exact) mass is 356 g/mol. The first-order chi connectivity index (χ1) is 12.7. The van der Waals surface area contributed by atoms with Gasteiger partial charge in [0, 0.05) is 0 Å². The van der Waals surface area contributed by atoms with Gasteiger partial charge >= 0.3 is 0 Å². The molecule has 26 heavy (non-hydrogen) atoms. The van der Waals surface area contributed by atoms with Crippen molar-refractivity contribution in [2.24, 2.45) is 5.73 Å². The highest BCUT2D eigenvalue weighted by Gasteiger charge is 2.41. The molecule has 0 bridgehead atoms. The van der Waals surface area contributed by atoms with Crippen molar-refractivity contribution in [3.63, 3.8) is 0 Å². The van der Waals surface area contributed by atoms with E-state index >= 15 is 0 Å². The van der Waals surface area contributed by atoms with Crippen LogP contribution in [0.1, 0.15) is 62.8 Å². The summed E-state index contributed by atoms with van der Waals surface area (Å²) in [6, 6.07) is 14.2. The van der Waals surface area contributed by atoms with E-state index in [-0.39, 0.29) is 5.82 Å². The fraction of sp³-hybridized carbons (Fsp3) is 0.409. The van der Waals surface area contributed by atoms with Crippen LogP contribution in [0.5, 0.6) is 0 Å². The maximum atomic E-state index is 13.2. The Bertz CT molecular complexity index is 722. The molecule has 0 fully saturated rings. The van der Waals surface area contributed by atoms with Crippen molar-refractivity contribution < 1.29 is 9.13 Å². The summed E-state index contributed by atoms with van der Waals surface area (Å²) in [7, 11) is 0. The molecule has 0 spiro atoms. The lowest BCUT2D eigenvalue weighted by Crippen LogP contribution is -2.28. The zero-order chi connectivity index (χ0) is 19.6. The number of nitrogens with two attached hydrogens (primary N) is 1. The van der Waals surface area contributed by atoms with Gasteiger partial charge in [0.1, 0.15) is 11.4 Å². The number of halogens is 1. The third-order valence-electron chi connectivity index (χ3n) is 4.19. The molecule has 0 aliphatic carbocycles. The maximum absolute atomic E-state index is 13.2. The third-order valence-corrected chi connectivity index (χ3v) is 4.19. The lowest BCUT2D eigenvalue weighted by molar-refractivity contribution is -0.0126. The zero-order valence-electron chi connectivity index (χ0n) is 16.2. The van der Waals surface area contributed by atoms with Crippen molar-refractivity contribution in [3.8, 4) is 6.07 Å². The van der Waals surface area contributed by atoms with Crippen LogP contribution in [0.25, 0.3) is 0 Å². The van der Waals surface area contributed by atoms with Crippen molar-refractivity contribution in [1.29, 1.82) is 5.26 Å². The fourth-order valence-corrected chi connectivity index (χ4v) is 3.12. The molecule has 3 rings (SSSR count). The van der Waals surface area contributed by atoms with Gasteiger partial charge in [-0.15, -0.1) is 0 Å². The molecule has 2 aromatic carbocycles. The summed E-state index contributed by atoms with van der Waals surface area (Å²) in [5.74, 6) is -0.268. The van der Waals surface area contributed by atoms with Gasteiger partial charge in [0.2, 0.25) is 0 Å². The molecule has 2 aromatic rings. The standard InChI is InChI=1S/C18H17FN2O.2C2H6/c19-16-5-3-15(4-6-16)18(8-1-9-20)17-7-2-13(11-21)10-14(17)12-22-18;2*1-2/h2-7,10H,1,8-9,12,20H2;2*1-2H3. The molecule has 1 aliphatic heterocycles. The van der Waals surface area contributed by atoms with E-state index in [4.69, 9.17) is 15.7 Å². The van der Waals surface area contributed by atoms with Gasteiger partial charge in [-0.3, -0.25) is 0 Å². The molecular formula is C22H29FN2O. The molecule has 1 unspecified atom stereocenters. The molecule has 0 aromatic heterocycles. The summed E-state index contributed by atoms with van der Waals surface area (Å²) in [5.41, 5.74) is 8.68. The predicted molar refractivity (Wildman–Crippen MR) is 104 cm³/mol. The van der Waals surface area contributed by atoms with E-state index in [9.17, 15) is 4.39 Å². The average molecular weight is 356 g/mol. The number of nitriles is 1. The number of benzene rings is 2. The first-order valence-corrected chi connectivity index (χ1v) is 9.33. The van der Waals surface area contributed by atoms with E-state index in [1.54, 1.807) is 18.2 Å². The highest BCUT2D eigenvalue weighted by atomic mass is 19.1. The number of hydrogen-bond donors (Lipinski definition) is 1. The Balaban J connectivity index is 0.000000791. The van der Waals surface area contributed by atoms with E-state index < -0.39 is 5.60 Å². The normalized spacial score (nSPS) is 17.1. The van der Waals surface area contributed by atoms with Gasteiger partial charge in [0.25, 0.3) is 0 Å². The summed E-state index contributed by atoms with van der Waals surface area (Å²) >= 11 is 0. The smallest absolute Gasteiger partial charge is 0.123 e. The second-order valence-corrected chi connectivity index (χ2v) is 5.50. The Kier molecular flexibility index (Phi) is 8.98. The van der Waals surface area contributed by atoms with Crippen molar-refractivity contribution in [2.45, 2.75) is 52.7 Å². The Labute approximate surface area is 156 Å². The van der Waals surface area contributed by atoms with Crippen molar-refractivity contribution >= 4 is 0 Å². The highest BCUT2D eigenvalue weighted by molar-refractivity contribution is 5.47. The number of rotatable bonds is 4. The molecule has 0 radical (unpaired) electrons. The zero-order valence-corrected chi connectivity index (χ0v) is 16.2. The van der Waals surface area contributed by atoms with Gasteiger partial charge in [-0.05, 0) is 60.3 Å². The molecule has 3 nitrogen and oxygen atoms in total. The molecule has 1 aliphatic rings. The minimum Gasteiger partial charge on any atom is -0.361 e. The molecule has 0 saturated carbocycles. The minimum atomic E-state index is -0.601. The number of hydrogen-bond acceptors (Lipinski definition) is 3. The fourth-order valence-electron chi connectivity index (χ4n) is 3.12. The molecular weight excluding hydrogens is 327 g/mol. The number of ether oxygens (including phenoxy) is 1. The second kappa shape index (κ2) is 10.7. The first kappa shape index (κ1) is 21.8. The van der Waals surface area contributed by atoms with E-state index in [2.05, 4.69) is 6.07 Å². The molecule has 4 heteroatoms. The van der Waals surface area contributed by atoms with Crippen LogP contribution in [0.15, 0.2) is 42.5 Å². The molecule has 2 N–H and O–H groups in total. The molecule has 1 heterocycles. The van der Waals surface area contributed by atoms with Crippen LogP contribution in [-0.2, 0) is 16.9 Å². The van der Waals surface area contributed by atoms with E-state index in [0.29, 0.717) is 18.7 Å². The van der Waals surface area contributed by atoms with Crippen LogP contribution in [-0.4, -0.2) is 6.54 Å². The average Bonchev–Trinajstić information content (AvgIpc) is 3.09. The van der Waals surface area contributed by atoms with E-state index in [1.807, 2.05) is 39.8 Å². The molecule has 1 atom stereocenters. The SMILES string of the molecule is CC.CC.N#Cc1ccc2c(c1)COC2(CCCN)c1ccc(F)cc1. The largest absolute Gasteiger partial charge is 0.361 e. The second-order valence-electron chi connectivity index (χ2n) is 5.50. The van der Waals surface area contributed by atoms with Gasteiger partial charge in [-0.2, -0.15) is 5.26 Å². The van der Waals surface area contributed by atoms with Gasteiger partial charge < -0.3 is 10.5 Å². The third kappa shape index (κ3) is 4.49. The predicted octanol–water partition coefficient (Wildman–Crippen LogP) is 5.26. The Hall–Kier alpha value is -2.22. The van der Waals surface area contributed by atoms with Crippen LogP contribution < -0.4 is 5.73 Å². The summed E-state index contributed by atoms with van der Waals surface area (Å²) in [4.78, 5) is 0. The van der Waals surface area contributed by atoms with Crippen LogP contribution in [0.4, 0.5) is 4.39 Å². The highest BCUT2D eigenvalue weighted by Crippen LogP contribution is 2.45. The Morgan fingerprint density at radius 3 is 2.35 bits per heavy atom. The van der Waals surface area contributed by atoms with Gasteiger partial charge in [0.15, 0.2) is 0 Å². The lowest BCUT2D eigenvalue weighted by Gasteiger charge is -2.30. The summed E-state index contributed by atoms with van der Waals surface area (Å²) in [6.45, 7) is 9.02. The van der Waals surface area contributed by atoms with E-state index in [0.717, 1.165) is 29.5 Å². The Morgan fingerprint density at radius 1 is 1.12 bits per heavy atom. The lowest BCUT2D eigenvalue weighted by atomic mass is 9.81. The van der Waals surface area contributed by atoms with E-state index in [1.165, 1.54) is 12.1 Å². The van der Waals surface area contributed by atoms with Crippen LogP contribution in [0, 0.1) is 17.1 Å². The van der Waals surface area contributed by atoms with Crippen molar-refractivity contribution in [2.75, 3.05) is 6.54 Å². The minimum absolute atomic E-state index is 0.268. The van der Waals surface area contributed by atoms with Crippen LogP contribution >= 0.6 is 0 Å².